The molecule has 3 aromatic rings. The lowest BCUT2D eigenvalue weighted by Gasteiger charge is -2.18. The number of ether oxygens (including phenoxy) is 1. The molecule has 0 atom stereocenters. The average molecular weight is 482 g/mol. The molecule has 2 aromatic carbocycles. The van der Waals surface area contributed by atoms with Gasteiger partial charge < -0.3 is 19.1 Å². The predicted octanol–water partition coefficient (Wildman–Crippen LogP) is 5.19. The van der Waals surface area contributed by atoms with E-state index in [1.807, 2.05) is 13.0 Å². The number of aromatic nitrogens is 1. The average Bonchev–Trinajstić information content (AvgIpc) is 3.57. The molecule has 1 aliphatic carbocycles. The highest BCUT2D eigenvalue weighted by atomic mass is 35.5. The minimum atomic E-state index is -4.84. The minimum Gasteiger partial charge on any atom is -0.491 e. The van der Waals surface area contributed by atoms with Gasteiger partial charge in [-0.15, -0.1) is 0 Å². The van der Waals surface area contributed by atoms with Crippen LogP contribution < -0.4 is 10.2 Å². The number of halogens is 2. The first-order chi connectivity index (χ1) is 15.2. The number of rotatable bonds is 8. The third kappa shape index (κ3) is 4.75. The lowest BCUT2D eigenvalue weighted by atomic mass is 10.0. The normalized spacial score (nSPS) is 14.2. The summed E-state index contributed by atoms with van der Waals surface area (Å²) in [4.78, 5) is 31.7. The fourth-order valence-electron chi connectivity index (χ4n) is 3.64. The number of hydrogen-bond acceptors (Lipinski definition) is 4. The van der Waals surface area contributed by atoms with Crippen LogP contribution in [0.5, 0.6) is 5.75 Å². The third-order valence-electron chi connectivity index (χ3n) is 5.29. The Hall–Kier alpha value is -2.22. The maximum atomic E-state index is 14.9. The Bertz CT molecular complexity index is 1280. The van der Waals surface area contributed by atoms with Gasteiger partial charge in [0.05, 0.1) is 17.5 Å². The van der Waals surface area contributed by atoms with Gasteiger partial charge in [-0.2, -0.15) is 0 Å². The van der Waals surface area contributed by atoms with Crippen LogP contribution in [0.1, 0.15) is 37.7 Å². The van der Waals surface area contributed by atoms with Crippen molar-refractivity contribution in [3.05, 3.63) is 63.2 Å². The Labute approximate surface area is 188 Å². The Morgan fingerprint density at radius 1 is 1.22 bits per heavy atom. The molecule has 170 valence electrons. The first-order valence-electron chi connectivity index (χ1n) is 10.2. The van der Waals surface area contributed by atoms with E-state index in [1.54, 1.807) is 12.1 Å². The molecule has 0 unspecified atom stereocenters. The minimum absolute atomic E-state index is 0.0476. The Morgan fingerprint density at radius 2 is 1.97 bits per heavy atom. The molecule has 1 fully saturated rings. The second-order valence-corrected chi connectivity index (χ2v) is 9.37. The number of hydrogen-bond donors (Lipinski definition) is 2. The van der Waals surface area contributed by atoms with Gasteiger partial charge in [0.2, 0.25) is 0 Å². The molecule has 7 nitrogen and oxygen atoms in total. The fraction of sp³-hybridized carbons (Fsp3) is 0.318. The summed E-state index contributed by atoms with van der Waals surface area (Å²) in [5.74, 6) is -0.120. The zero-order chi connectivity index (χ0) is 23.0. The second-order valence-electron chi connectivity index (χ2n) is 7.72. The number of pyridine rings is 1. The quantitative estimate of drug-likeness (QED) is 0.429. The highest BCUT2D eigenvalue weighted by Gasteiger charge is 2.25. The first kappa shape index (κ1) is 23.0. The monoisotopic (exact) mass is 481 g/mol. The maximum absolute atomic E-state index is 14.9. The van der Waals surface area contributed by atoms with E-state index in [0.29, 0.717) is 29.5 Å². The number of benzene rings is 2. The molecule has 32 heavy (non-hydrogen) atoms. The van der Waals surface area contributed by atoms with Crippen molar-refractivity contribution < 1.29 is 28.0 Å². The van der Waals surface area contributed by atoms with Gasteiger partial charge in [0.15, 0.2) is 5.43 Å². The molecule has 2 N–H and O–H groups in total. The molecule has 0 radical (unpaired) electrons. The molecule has 1 heterocycles. The Morgan fingerprint density at radius 3 is 2.59 bits per heavy atom. The molecule has 0 aliphatic heterocycles. The third-order valence-corrected chi connectivity index (χ3v) is 6.06. The Kier molecular flexibility index (Phi) is 6.43. The number of fused-ring (bicyclic) bond motifs is 1. The van der Waals surface area contributed by atoms with E-state index < -0.39 is 25.8 Å². The van der Waals surface area contributed by atoms with Crippen LogP contribution in [0.15, 0.2) is 41.3 Å². The lowest BCUT2D eigenvalue weighted by Crippen LogP contribution is -2.16. The van der Waals surface area contributed by atoms with E-state index in [4.69, 9.17) is 16.3 Å². The molecule has 1 aliphatic rings. The van der Waals surface area contributed by atoms with Crippen molar-refractivity contribution in [3.8, 4) is 16.9 Å². The van der Waals surface area contributed by atoms with Crippen molar-refractivity contribution in [1.82, 2.24) is 4.57 Å². The van der Waals surface area contributed by atoms with Crippen LogP contribution in [0.25, 0.3) is 22.0 Å². The zero-order valence-corrected chi connectivity index (χ0v) is 18.9. The van der Waals surface area contributed by atoms with Crippen LogP contribution in [-0.2, 0) is 15.8 Å². The van der Waals surface area contributed by atoms with Gasteiger partial charge in [0.1, 0.15) is 18.3 Å². The van der Waals surface area contributed by atoms with E-state index in [1.165, 1.54) is 16.8 Å². The Balaban J connectivity index is 1.94. The van der Waals surface area contributed by atoms with Crippen LogP contribution in [0.3, 0.4) is 0 Å². The maximum Gasteiger partial charge on any atom is 0.471 e. The van der Waals surface area contributed by atoms with Gasteiger partial charge in [-0.3, -0.25) is 9.32 Å². The summed E-state index contributed by atoms with van der Waals surface area (Å²) in [5.41, 5.74) is 1.00. The molecular weight excluding hydrogens is 460 g/mol. The van der Waals surface area contributed by atoms with Crippen molar-refractivity contribution >= 4 is 30.3 Å². The van der Waals surface area contributed by atoms with Crippen LogP contribution >= 0.6 is 19.4 Å². The highest BCUT2D eigenvalue weighted by molar-refractivity contribution is 7.46. The summed E-state index contributed by atoms with van der Waals surface area (Å²) in [6.07, 6.45) is 4.20. The zero-order valence-electron chi connectivity index (χ0n) is 17.3. The molecule has 1 aromatic heterocycles. The standard InChI is InChI=1S/C22H22ClFNO6P/c1-2-9-30-19-8-7-18(24)20-21(19)25(12-31-32(27,28)29)11-16(22(20)26)15-6-5-14(10-17(15)23)13-3-4-13/h5-8,10-11,13H,2-4,9,12H2,1H3,(H2,27,28,29). The van der Waals surface area contributed by atoms with Gasteiger partial charge in [-0.25, -0.2) is 8.96 Å². The smallest absolute Gasteiger partial charge is 0.471 e. The lowest BCUT2D eigenvalue weighted by molar-refractivity contribution is 0.155. The molecule has 1 saturated carbocycles. The van der Waals surface area contributed by atoms with E-state index in [9.17, 15) is 23.5 Å². The largest absolute Gasteiger partial charge is 0.491 e. The topological polar surface area (TPSA) is 98.0 Å². The van der Waals surface area contributed by atoms with Crippen molar-refractivity contribution in [1.29, 1.82) is 0 Å². The number of phosphoric ester groups is 1. The van der Waals surface area contributed by atoms with E-state index in [2.05, 4.69) is 4.52 Å². The summed E-state index contributed by atoms with van der Waals surface area (Å²) >= 11 is 6.48. The summed E-state index contributed by atoms with van der Waals surface area (Å²) in [6, 6.07) is 7.90. The summed E-state index contributed by atoms with van der Waals surface area (Å²) in [7, 11) is -4.84. The van der Waals surface area contributed by atoms with Gasteiger partial charge >= 0.3 is 7.82 Å². The molecule has 10 heteroatoms. The van der Waals surface area contributed by atoms with E-state index in [-0.39, 0.29) is 22.2 Å². The molecule has 0 amide bonds. The predicted molar refractivity (Wildman–Crippen MR) is 120 cm³/mol. The molecule has 0 bridgehead atoms. The van der Waals surface area contributed by atoms with Crippen LogP contribution in [-0.4, -0.2) is 21.0 Å². The molecular formula is C22H22ClFNO6P. The molecule has 4 rings (SSSR count). The first-order valence-corrected chi connectivity index (χ1v) is 12.1. The van der Waals surface area contributed by atoms with Crippen molar-refractivity contribution in [2.24, 2.45) is 0 Å². The highest BCUT2D eigenvalue weighted by Crippen LogP contribution is 2.42. The van der Waals surface area contributed by atoms with E-state index in [0.717, 1.165) is 24.5 Å². The van der Waals surface area contributed by atoms with Gasteiger partial charge in [-0.1, -0.05) is 30.7 Å². The van der Waals surface area contributed by atoms with Crippen molar-refractivity contribution in [3.63, 3.8) is 0 Å². The van der Waals surface area contributed by atoms with Crippen molar-refractivity contribution in [2.75, 3.05) is 6.61 Å². The SMILES string of the molecule is CCCOc1ccc(F)c2c(=O)c(-c3ccc(C4CC4)cc3Cl)cn(COP(=O)(O)O)c12. The number of nitrogens with zero attached hydrogens (tertiary/aromatic N) is 1. The van der Waals surface area contributed by atoms with Gasteiger partial charge in [-0.05, 0) is 48.9 Å². The van der Waals surface area contributed by atoms with Gasteiger partial charge in [0, 0.05) is 22.3 Å². The second kappa shape index (κ2) is 8.96. The fourth-order valence-corrected chi connectivity index (χ4v) is 4.21. The summed E-state index contributed by atoms with van der Waals surface area (Å²) in [5, 5.41) is 0.0693. The molecule has 0 spiro atoms. The van der Waals surface area contributed by atoms with Crippen LogP contribution in [0.2, 0.25) is 5.02 Å². The van der Waals surface area contributed by atoms with Crippen LogP contribution in [0.4, 0.5) is 4.39 Å². The molecule has 0 saturated heterocycles. The van der Waals surface area contributed by atoms with Crippen LogP contribution in [0, 0.1) is 5.82 Å². The summed E-state index contributed by atoms with van der Waals surface area (Å²) < 4.78 is 37.8. The van der Waals surface area contributed by atoms with Crippen molar-refractivity contribution in [2.45, 2.75) is 38.8 Å². The number of phosphoric acid groups is 1. The summed E-state index contributed by atoms with van der Waals surface area (Å²) in [6.45, 7) is 1.57. The van der Waals surface area contributed by atoms with Gasteiger partial charge in [0.25, 0.3) is 0 Å². The van der Waals surface area contributed by atoms with E-state index >= 15 is 0 Å².